The van der Waals surface area contributed by atoms with Gasteiger partial charge in [-0.2, -0.15) is 4.98 Å². The first kappa shape index (κ1) is 39.2. The van der Waals surface area contributed by atoms with E-state index in [-0.39, 0.29) is 47.8 Å². The summed E-state index contributed by atoms with van der Waals surface area (Å²) >= 11 is 0. The Hall–Kier alpha value is -6.66. The number of ether oxygens (including phenoxy) is 1. The summed E-state index contributed by atoms with van der Waals surface area (Å²) in [6.45, 7) is 3.53. The third-order valence-electron chi connectivity index (χ3n) is 10.5. The SMILES string of the molecule is CS(=O)(=O)c1ccc(-c2cccc3nc(Nc4ccc(N5CCN(C(=O)CCOCCNc6ccc7c(c6)C(=O)N(C6CCC(=O)NC6=O)C7=O)CC5)cc4)nn23)cc1. The number of nitrogens with one attached hydrogen (secondary N) is 3. The Kier molecular flexibility index (Phi) is 10.8. The molecule has 59 heavy (non-hydrogen) atoms. The van der Waals surface area contributed by atoms with Crippen LogP contribution in [0.25, 0.3) is 16.9 Å². The summed E-state index contributed by atoms with van der Waals surface area (Å²) in [7, 11) is -3.30. The lowest BCUT2D eigenvalue weighted by atomic mass is 10.0. The molecule has 304 valence electrons. The maximum atomic E-state index is 13.1. The van der Waals surface area contributed by atoms with Gasteiger partial charge >= 0.3 is 0 Å². The Morgan fingerprint density at radius 2 is 1.59 bits per heavy atom. The summed E-state index contributed by atoms with van der Waals surface area (Å²) in [5.74, 6) is -1.77. The van der Waals surface area contributed by atoms with Gasteiger partial charge in [-0.15, -0.1) is 5.10 Å². The molecule has 5 amide bonds. The number of aromatic nitrogens is 3. The number of carbonyl (C=O) groups is 5. The second-order valence-corrected chi connectivity index (χ2v) is 16.5. The van der Waals surface area contributed by atoms with Gasteiger partial charge in [0.2, 0.25) is 23.7 Å². The molecular weight excluding hydrogens is 779 g/mol. The van der Waals surface area contributed by atoms with Crippen LogP contribution in [0.15, 0.2) is 89.8 Å². The molecule has 1 unspecified atom stereocenters. The molecule has 0 spiro atoms. The van der Waals surface area contributed by atoms with Crippen LogP contribution in [-0.4, -0.2) is 121 Å². The highest BCUT2D eigenvalue weighted by Gasteiger charge is 2.44. The van der Waals surface area contributed by atoms with Crippen molar-refractivity contribution in [2.45, 2.75) is 30.2 Å². The van der Waals surface area contributed by atoms with E-state index in [1.165, 1.54) is 6.26 Å². The lowest BCUT2D eigenvalue weighted by Gasteiger charge is -2.36. The zero-order valence-electron chi connectivity index (χ0n) is 32.1. The van der Waals surface area contributed by atoms with Crippen LogP contribution in [0, 0.1) is 0 Å². The molecule has 3 aliphatic rings. The minimum absolute atomic E-state index is 0.0218. The summed E-state index contributed by atoms with van der Waals surface area (Å²) in [6.07, 6.45) is 1.58. The van der Waals surface area contributed by atoms with E-state index in [0.29, 0.717) is 56.6 Å². The Balaban J connectivity index is 0.757. The maximum Gasteiger partial charge on any atom is 0.262 e. The number of rotatable bonds is 13. The van der Waals surface area contributed by atoms with E-state index in [0.717, 1.165) is 27.5 Å². The van der Waals surface area contributed by atoms with E-state index < -0.39 is 39.5 Å². The average molecular weight is 820 g/mol. The molecule has 2 fully saturated rings. The summed E-state index contributed by atoms with van der Waals surface area (Å²) in [5, 5.41) is 13.3. The average Bonchev–Trinajstić information content (AvgIpc) is 3.75. The van der Waals surface area contributed by atoms with Crippen molar-refractivity contribution in [2.24, 2.45) is 0 Å². The van der Waals surface area contributed by atoms with Gasteiger partial charge in [0.1, 0.15) is 6.04 Å². The Morgan fingerprint density at radius 3 is 2.32 bits per heavy atom. The molecule has 5 aromatic rings. The zero-order valence-corrected chi connectivity index (χ0v) is 32.9. The number of fused-ring (bicyclic) bond motifs is 2. The maximum absolute atomic E-state index is 13.1. The number of sulfone groups is 1. The van der Waals surface area contributed by atoms with Crippen LogP contribution >= 0.6 is 0 Å². The van der Waals surface area contributed by atoms with Crippen molar-refractivity contribution in [1.29, 1.82) is 0 Å². The highest BCUT2D eigenvalue weighted by molar-refractivity contribution is 7.90. The summed E-state index contributed by atoms with van der Waals surface area (Å²) < 4.78 is 31.2. The number of nitrogens with zero attached hydrogens (tertiary/aromatic N) is 6. The molecule has 3 N–H and O–H groups in total. The fourth-order valence-electron chi connectivity index (χ4n) is 7.42. The van der Waals surface area contributed by atoms with Gasteiger partial charge in [-0.05, 0) is 73.2 Å². The molecule has 2 aromatic heterocycles. The summed E-state index contributed by atoms with van der Waals surface area (Å²) in [5.41, 5.74) is 5.07. The first-order chi connectivity index (χ1) is 28.4. The minimum Gasteiger partial charge on any atom is -0.383 e. The molecule has 17 nitrogen and oxygen atoms in total. The third kappa shape index (κ3) is 8.35. The zero-order chi connectivity index (χ0) is 41.3. The second kappa shape index (κ2) is 16.3. The number of piperidine rings is 1. The molecule has 2 saturated heterocycles. The van der Waals surface area contributed by atoms with Crippen LogP contribution in [0.2, 0.25) is 0 Å². The molecule has 1 atom stereocenters. The van der Waals surface area contributed by atoms with Gasteiger partial charge in [0, 0.05) is 68.0 Å². The van der Waals surface area contributed by atoms with E-state index in [2.05, 4.69) is 30.9 Å². The lowest BCUT2D eigenvalue weighted by Crippen LogP contribution is -2.54. The second-order valence-electron chi connectivity index (χ2n) is 14.4. The predicted molar refractivity (Wildman–Crippen MR) is 217 cm³/mol. The minimum atomic E-state index is -3.30. The van der Waals surface area contributed by atoms with Crippen LogP contribution in [-0.2, 0) is 29.0 Å². The topological polar surface area (TPSA) is 205 Å². The summed E-state index contributed by atoms with van der Waals surface area (Å²) in [6, 6.07) is 24.0. The quantitative estimate of drug-likeness (QED) is 0.116. The largest absolute Gasteiger partial charge is 0.383 e. The molecule has 0 saturated carbocycles. The highest BCUT2D eigenvalue weighted by Crippen LogP contribution is 2.30. The first-order valence-electron chi connectivity index (χ1n) is 19.2. The van der Waals surface area contributed by atoms with Gasteiger partial charge in [-0.1, -0.05) is 18.2 Å². The fraction of sp³-hybridized carbons (Fsp3) is 0.293. The Morgan fingerprint density at radius 1 is 0.864 bits per heavy atom. The number of carbonyl (C=O) groups excluding carboxylic acids is 5. The van der Waals surface area contributed by atoms with E-state index in [1.54, 1.807) is 47.0 Å². The molecule has 3 aliphatic heterocycles. The highest BCUT2D eigenvalue weighted by atomic mass is 32.2. The molecule has 8 rings (SSSR count). The molecule has 0 radical (unpaired) electrons. The van der Waals surface area contributed by atoms with E-state index in [1.807, 2.05) is 47.4 Å². The van der Waals surface area contributed by atoms with Crippen LogP contribution in [0.1, 0.15) is 40.0 Å². The Bertz CT molecular complexity index is 2570. The number of pyridine rings is 1. The van der Waals surface area contributed by atoms with E-state index in [9.17, 15) is 32.4 Å². The van der Waals surface area contributed by atoms with Crippen LogP contribution in [0.3, 0.4) is 0 Å². The third-order valence-corrected chi connectivity index (χ3v) is 11.7. The van der Waals surface area contributed by atoms with Gasteiger partial charge in [-0.3, -0.25) is 34.2 Å². The summed E-state index contributed by atoms with van der Waals surface area (Å²) in [4.78, 5) is 72.6. The van der Waals surface area contributed by atoms with Gasteiger partial charge in [0.15, 0.2) is 15.5 Å². The van der Waals surface area contributed by atoms with E-state index >= 15 is 0 Å². The lowest BCUT2D eigenvalue weighted by molar-refractivity contribution is -0.136. The van der Waals surface area contributed by atoms with Crippen molar-refractivity contribution in [3.63, 3.8) is 0 Å². The number of amides is 5. The van der Waals surface area contributed by atoms with Crippen LogP contribution in [0.4, 0.5) is 23.0 Å². The molecule has 3 aromatic carbocycles. The van der Waals surface area contributed by atoms with Crippen molar-refractivity contribution in [3.05, 3.63) is 96.1 Å². The molecule has 0 aliphatic carbocycles. The van der Waals surface area contributed by atoms with Crippen molar-refractivity contribution < 1.29 is 37.1 Å². The number of piperazine rings is 1. The van der Waals surface area contributed by atoms with Gasteiger partial charge in [0.25, 0.3) is 11.8 Å². The molecule has 0 bridgehead atoms. The Labute approximate surface area is 339 Å². The number of benzene rings is 3. The van der Waals surface area contributed by atoms with Crippen molar-refractivity contribution in [3.8, 4) is 11.3 Å². The van der Waals surface area contributed by atoms with Crippen LogP contribution in [0.5, 0.6) is 0 Å². The standard InChI is InChI=1S/C41H41N9O8S/c1-59(56,57)30-12-5-26(6-13-30)33-3-2-4-35-44-41(46-50(33)35)43-27-7-10-29(11-8-27)47-19-21-48(22-20-47)37(52)17-23-58-24-18-42-28-9-14-31-32(25-28)40(55)49(39(31)54)34-15-16-36(51)45-38(34)53/h2-14,25,34,42H,15-24H2,1H3,(H,43,46)(H,45,51,53). The number of hydrogen-bond acceptors (Lipinski definition) is 13. The molecule has 18 heteroatoms. The number of imide groups is 2. The normalized spacial score (nSPS) is 17.0. The van der Waals surface area contributed by atoms with Gasteiger partial charge in [-0.25, -0.2) is 12.9 Å². The van der Waals surface area contributed by atoms with E-state index in [4.69, 9.17) is 4.74 Å². The monoisotopic (exact) mass is 819 g/mol. The van der Waals surface area contributed by atoms with Crippen molar-refractivity contribution in [1.82, 2.24) is 29.7 Å². The van der Waals surface area contributed by atoms with Crippen LogP contribution < -0.4 is 20.9 Å². The first-order valence-corrected chi connectivity index (χ1v) is 21.1. The smallest absolute Gasteiger partial charge is 0.262 e. The number of hydrogen-bond donors (Lipinski definition) is 3. The predicted octanol–water partition coefficient (Wildman–Crippen LogP) is 3.11. The van der Waals surface area contributed by atoms with Crippen molar-refractivity contribution in [2.75, 3.05) is 67.7 Å². The number of anilines is 4. The van der Waals surface area contributed by atoms with Gasteiger partial charge in [0.05, 0.1) is 41.4 Å². The molecular formula is C41H41N9O8S. The van der Waals surface area contributed by atoms with Gasteiger partial charge < -0.3 is 25.2 Å². The molecule has 5 heterocycles. The fourth-order valence-corrected chi connectivity index (χ4v) is 8.05. The van der Waals surface area contributed by atoms with Crippen molar-refractivity contribution >= 4 is 68.0 Å².